The number of anilines is 2. The predicted octanol–water partition coefficient (Wildman–Crippen LogP) is 3.21. The molecule has 154 valence electrons. The van der Waals surface area contributed by atoms with Gasteiger partial charge in [0.1, 0.15) is 19.0 Å². The Morgan fingerprint density at radius 3 is 2.47 bits per heavy atom. The van der Waals surface area contributed by atoms with Gasteiger partial charge in [0.15, 0.2) is 11.5 Å². The van der Waals surface area contributed by atoms with Crippen molar-refractivity contribution in [1.82, 2.24) is 4.98 Å². The van der Waals surface area contributed by atoms with Gasteiger partial charge in [-0.3, -0.25) is 9.52 Å². The molecule has 4 rings (SSSR count). The Kier molecular flexibility index (Phi) is 5.28. The van der Waals surface area contributed by atoms with Crippen LogP contribution in [0.5, 0.6) is 11.5 Å². The van der Waals surface area contributed by atoms with Crippen molar-refractivity contribution in [2.24, 2.45) is 0 Å². The van der Waals surface area contributed by atoms with Crippen molar-refractivity contribution in [3.05, 3.63) is 71.9 Å². The fraction of sp³-hybridized carbons (Fsp3) is 0.143. The summed E-state index contributed by atoms with van der Waals surface area (Å²) >= 11 is 0. The van der Waals surface area contributed by atoms with Crippen LogP contribution in [0.4, 0.5) is 11.5 Å². The fourth-order valence-corrected chi connectivity index (χ4v) is 3.96. The third-order valence-electron chi connectivity index (χ3n) is 4.46. The van der Waals surface area contributed by atoms with Gasteiger partial charge in [0.2, 0.25) is 0 Å². The van der Waals surface area contributed by atoms with E-state index in [-0.39, 0.29) is 10.8 Å². The average molecular weight is 425 g/mol. The number of carbonyl (C=O) groups excluding carboxylic acids is 1. The van der Waals surface area contributed by atoms with E-state index in [1.54, 1.807) is 18.3 Å². The maximum absolute atomic E-state index is 12.7. The number of aromatic nitrogens is 1. The zero-order chi connectivity index (χ0) is 21.1. The van der Waals surface area contributed by atoms with E-state index in [2.05, 4.69) is 15.0 Å². The molecule has 0 unspecified atom stereocenters. The zero-order valence-corrected chi connectivity index (χ0v) is 16.9. The van der Waals surface area contributed by atoms with Crippen molar-refractivity contribution >= 4 is 27.4 Å². The first-order chi connectivity index (χ1) is 14.4. The van der Waals surface area contributed by atoms with E-state index in [1.807, 2.05) is 13.0 Å². The van der Waals surface area contributed by atoms with Crippen LogP contribution in [0.1, 0.15) is 15.9 Å². The predicted molar refractivity (Wildman–Crippen MR) is 112 cm³/mol. The molecule has 9 heteroatoms. The summed E-state index contributed by atoms with van der Waals surface area (Å²) in [5.74, 6) is 1.04. The Morgan fingerprint density at radius 1 is 1.00 bits per heavy atom. The molecule has 0 saturated heterocycles. The van der Waals surface area contributed by atoms with Crippen molar-refractivity contribution in [3.8, 4) is 11.5 Å². The normalized spacial score (nSPS) is 12.8. The summed E-state index contributed by atoms with van der Waals surface area (Å²) < 4.78 is 38.7. The molecular formula is C21H19N3O5S. The summed E-state index contributed by atoms with van der Waals surface area (Å²) in [5.41, 5.74) is 1.55. The molecule has 1 aliphatic heterocycles. The summed E-state index contributed by atoms with van der Waals surface area (Å²) in [7, 11) is -3.83. The molecule has 8 nitrogen and oxygen atoms in total. The standard InChI is InChI=1S/C21H19N3O5S/c1-14-3-2-10-22-20(14)23-21(25)15-4-6-16(7-5-15)24-30(26,27)17-8-9-18-19(13-17)29-12-11-28-18/h2-10,13,24H,11-12H2,1H3,(H,22,23,25). The molecule has 0 saturated carbocycles. The van der Waals surface area contributed by atoms with Crippen LogP contribution in [0.25, 0.3) is 0 Å². The van der Waals surface area contributed by atoms with Crippen LogP contribution in [-0.2, 0) is 10.0 Å². The molecule has 1 aliphatic rings. The van der Waals surface area contributed by atoms with Crippen molar-refractivity contribution in [3.63, 3.8) is 0 Å². The lowest BCUT2D eigenvalue weighted by Crippen LogP contribution is -2.17. The molecule has 3 aromatic rings. The zero-order valence-electron chi connectivity index (χ0n) is 16.1. The highest BCUT2D eigenvalue weighted by molar-refractivity contribution is 7.92. The monoisotopic (exact) mass is 425 g/mol. The first-order valence-electron chi connectivity index (χ1n) is 9.18. The molecule has 0 bridgehead atoms. The lowest BCUT2D eigenvalue weighted by molar-refractivity contribution is 0.102. The second-order valence-electron chi connectivity index (χ2n) is 6.61. The number of pyridine rings is 1. The van der Waals surface area contributed by atoms with Gasteiger partial charge in [0.25, 0.3) is 15.9 Å². The molecule has 2 aromatic carbocycles. The first kappa shape index (κ1) is 19.7. The van der Waals surface area contributed by atoms with E-state index in [0.717, 1.165) is 5.56 Å². The van der Waals surface area contributed by atoms with Gasteiger partial charge in [-0.05, 0) is 55.0 Å². The van der Waals surface area contributed by atoms with Crippen LogP contribution in [0.3, 0.4) is 0 Å². The molecule has 2 N–H and O–H groups in total. The van der Waals surface area contributed by atoms with Gasteiger partial charge in [0.05, 0.1) is 4.90 Å². The topological polar surface area (TPSA) is 107 Å². The number of fused-ring (bicyclic) bond motifs is 1. The summed E-state index contributed by atoms with van der Waals surface area (Å²) in [6, 6.07) is 14.2. The molecule has 1 aromatic heterocycles. The van der Waals surface area contributed by atoms with Crippen molar-refractivity contribution in [2.75, 3.05) is 23.3 Å². The van der Waals surface area contributed by atoms with Gasteiger partial charge in [-0.1, -0.05) is 6.07 Å². The lowest BCUT2D eigenvalue weighted by Gasteiger charge is -2.19. The highest BCUT2D eigenvalue weighted by Gasteiger charge is 2.19. The van der Waals surface area contributed by atoms with Gasteiger partial charge >= 0.3 is 0 Å². The Labute approximate surface area is 173 Å². The first-order valence-corrected chi connectivity index (χ1v) is 10.7. The van der Waals surface area contributed by atoms with Gasteiger partial charge in [-0.15, -0.1) is 0 Å². The van der Waals surface area contributed by atoms with E-state index in [4.69, 9.17) is 9.47 Å². The molecule has 0 fully saturated rings. The number of amides is 1. The summed E-state index contributed by atoms with van der Waals surface area (Å²) in [6.45, 7) is 2.64. The molecule has 0 radical (unpaired) electrons. The van der Waals surface area contributed by atoms with E-state index >= 15 is 0 Å². The van der Waals surface area contributed by atoms with Gasteiger partial charge in [0, 0.05) is 23.5 Å². The van der Waals surface area contributed by atoms with Crippen LogP contribution in [0.15, 0.2) is 65.7 Å². The van der Waals surface area contributed by atoms with Gasteiger partial charge in [-0.25, -0.2) is 13.4 Å². The summed E-state index contributed by atoms with van der Waals surface area (Å²) in [5, 5.41) is 2.73. The molecule has 1 amide bonds. The molecule has 0 aliphatic carbocycles. The fourth-order valence-electron chi connectivity index (χ4n) is 2.89. The molecular weight excluding hydrogens is 406 g/mol. The van der Waals surface area contributed by atoms with Gasteiger partial charge in [-0.2, -0.15) is 0 Å². The van der Waals surface area contributed by atoms with Crippen molar-refractivity contribution in [2.45, 2.75) is 11.8 Å². The number of aryl methyl sites for hydroxylation is 1. The SMILES string of the molecule is Cc1cccnc1NC(=O)c1ccc(NS(=O)(=O)c2ccc3c(c2)OCCO3)cc1. The van der Waals surface area contributed by atoms with Crippen LogP contribution in [-0.4, -0.2) is 32.5 Å². The minimum atomic E-state index is -3.83. The Bertz CT molecular complexity index is 1190. The van der Waals surface area contributed by atoms with Gasteiger partial charge < -0.3 is 14.8 Å². The van der Waals surface area contributed by atoms with Crippen LogP contribution in [0.2, 0.25) is 0 Å². The van der Waals surface area contributed by atoms with E-state index in [9.17, 15) is 13.2 Å². The lowest BCUT2D eigenvalue weighted by atomic mass is 10.2. The van der Waals surface area contributed by atoms with E-state index in [0.29, 0.717) is 41.8 Å². The minimum Gasteiger partial charge on any atom is -0.486 e. The Morgan fingerprint density at radius 2 is 1.73 bits per heavy atom. The number of ether oxygens (including phenoxy) is 2. The number of rotatable bonds is 5. The van der Waals surface area contributed by atoms with Crippen LogP contribution in [0, 0.1) is 6.92 Å². The number of nitrogens with zero attached hydrogens (tertiary/aromatic N) is 1. The molecule has 2 heterocycles. The highest BCUT2D eigenvalue weighted by atomic mass is 32.2. The Hall–Kier alpha value is -3.59. The smallest absolute Gasteiger partial charge is 0.262 e. The number of benzene rings is 2. The second kappa shape index (κ2) is 8.03. The number of carbonyl (C=O) groups is 1. The third-order valence-corrected chi connectivity index (χ3v) is 5.84. The highest BCUT2D eigenvalue weighted by Crippen LogP contribution is 2.32. The number of hydrogen-bond donors (Lipinski definition) is 2. The second-order valence-corrected chi connectivity index (χ2v) is 8.29. The minimum absolute atomic E-state index is 0.0548. The van der Waals surface area contributed by atoms with Crippen molar-refractivity contribution in [1.29, 1.82) is 0 Å². The molecule has 30 heavy (non-hydrogen) atoms. The number of sulfonamides is 1. The summed E-state index contributed by atoms with van der Waals surface area (Å²) in [6.07, 6.45) is 1.60. The van der Waals surface area contributed by atoms with E-state index in [1.165, 1.54) is 36.4 Å². The maximum atomic E-state index is 12.7. The molecule has 0 spiro atoms. The van der Waals surface area contributed by atoms with Crippen LogP contribution < -0.4 is 19.5 Å². The Balaban J connectivity index is 1.47. The average Bonchev–Trinajstić information content (AvgIpc) is 2.75. The third kappa shape index (κ3) is 4.20. The number of hydrogen-bond acceptors (Lipinski definition) is 6. The van der Waals surface area contributed by atoms with Crippen molar-refractivity contribution < 1.29 is 22.7 Å². The van der Waals surface area contributed by atoms with Crippen LogP contribution >= 0.6 is 0 Å². The molecule has 0 atom stereocenters. The summed E-state index contributed by atoms with van der Waals surface area (Å²) in [4.78, 5) is 16.6. The van der Waals surface area contributed by atoms with E-state index < -0.39 is 10.0 Å². The number of nitrogens with one attached hydrogen (secondary N) is 2. The maximum Gasteiger partial charge on any atom is 0.262 e. The largest absolute Gasteiger partial charge is 0.486 e. The quantitative estimate of drug-likeness (QED) is 0.650.